The molecular weight excluding hydrogens is 487 g/mol. The maximum atomic E-state index is 5.37. The van der Waals surface area contributed by atoms with Crippen molar-refractivity contribution in [2.24, 2.45) is 0 Å². The molecule has 2 rings (SSSR count). The van der Waals surface area contributed by atoms with E-state index in [0.717, 1.165) is 19.2 Å². The standard InChI is InChI=1S/C18H18BrIO4/c1-21-15-7-11(13(19)9-17(15)23-3)5-6-12-8-16(22-2)18(24-4)10-14(12)20/h5-10H,1-4H3/b6-5-. The molecule has 0 N–H and O–H groups in total. The van der Waals surface area contributed by atoms with Gasteiger partial charge in [0.2, 0.25) is 0 Å². The maximum absolute atomic E-state index is 5.37. The van der Waals surface area contributed by atoms with Crippen LogP contribution in [-0.4, -0.2) is 28.4 Å². The Labute approximate surface area is 164 Å². The number of rotatable bonds is 6. The van der Waals surface area contributed by atoms with Crippen molar-refractivity contribution < 1.29 is 18.9 Å². The van der Waals surface area contributed by atoms with Gasteiger partial charge in [-0.15, -0.1) is 0 Å². The summed E-state index contributed by atoms with van der Waals surface area (Å²) in [6.45, 7) is 0. The average molecular weight is 505 g/mol. The zero-order valence-corrected chi connectivity index (χ0v) is 17.6. The van der Waals surface area contributed by atoms with E-state index in [0.29, 0.717) is 23.0 Å². The summed E-state index contributed by atoms with van der Waals surface area (Å²) in [5.41, 5.74) is 2.02. The van der Waals surface area contributed by atoms with Crippen LogP contribution in [0, 0.1) is 3.57 Å². The molecule has 6 heteroatoms. The molecule has 0 heterocycles. The summed E-state index contributed by atoms with van der Waals surface area (Å²) in [6.07, 6.45) is 4.03. The number of ether oxygens (including phenoxy) is 4. The number of benzene rings is 2. The van der Waals surface area contributed by atoms with Crippen molar-refractivity contribution in [1.29, 1.82) is 0 Å². The second kappa shape index (κ2) is 8.62. The van der Waals surface area contributed by atoms with Crippen LogP contribution >= 0.6 is 38.5 Å². The van der Waals surface area contributed by atoms with Crippen molar-refractivity contribution in [1.82, 2.24) is 0 Å². The highest BCUT2D eigenvalue weighted by Gasteiger charge is 2.10. The molecule has 0 unspecified atom stereocenters. The molecule has 0 radical (unpaired) electrons. The summed E-state index contributed by atoms with van der Waals surface area (Å²) < 4.78 is 23.3. The largest absolute Gasteiger partial charge is 0.493 e. The predicted octanol–water partition coefficient (Wildman–Crippen LogP) is 5.26. The fourth-order valence-corrected chi connectivity index (χ4v) is 3.25. The lowest BCUT2D eigenvalue weighted by molar-refractivity contribution is 0.354. The zero-order chi connectivity index (χ0) is 17.7. The van der Waals surface area contributed by atoms with Gasteiger partial charge in [-0.1, -0.05) is 28.1 Å². The lowest BCUT2D eigenvalue weighted by atomic mass is 10.1. The Hall–Kier alpha value is -1.41. The molecular formula is C18H18BrIO4. The Kier molecular flexibility index (Phi) is 6.79. The Bertz CT molecular complexity index is 696. The third kappa shape index (κ3) is 4.16. The topological polar surface area (TPSA) is 36.9 Å². The van der Waals surface area contributed by atoms with Crippen LogP contribution in [0.2, 0.25) is 0 Å². The van der Waals surface area contributed by atoms with Gasteiger partial charge in [-0.05, 0) is 58.0 Å². The monoisotopic (exact) mass is 504 g/mol. The molecule has 0 aromatic heterocycles. The van der Waals surface area contributed by atoms with Crippen molar-refractivity contribution in [2.45, 2.75) is 0 Å². The molecule has 0 saturated heterocycles. The van der Waals surface area contributed by atoms with Crippen LogP contribution in [0.15, 0.2) is 28.7 Å². The van der Waals surface area contributed by atoms with E-state index in [1.54, 1.807) is 28.4 Å². The Morgan fingerprint density at radius 2 is 1.12 bits per heavy atom. The molecule has 0 aliphatic heterocycles. The van der Waals surface area contributed by atoms with Gasteiger partial charge >= 0.3 is 0 Å². The summed E-state index contributed by atoms with van der Waals surface area (Å²) in [5, 5.41) is 0. The first-order valence-electron chi connectivity index (χ1n) is 7.05. The van der Waals surface area contributed by atoms with Crippen molar-refractivity contribution in [3.8, 4) is 23.0 Å². The van der Waals surface area contributed by atoms with E-state index in [-0.39, 0.29) is 0 Å². The SMILES string of the molecule is COc1cc(Br)c(/C=C\c2cc(OC)c(OC)cc2I)cc1OC. The van der Waals surface area contributed by atoms with Crippen LogP contribution in [0.3, 0.4) is 0 Å². The fraction of sp³-hybridized carbons (Fsp3) is 0.222. The second-order valence-corrected chi connectivity index (χ2v) is 6.81. The van der Waals surface area contributed by atoms with Gasteiger partial charge in [0.05, 0.1) is 28.4 Å². The molecule has 0 aliphatic rings. The molecule has 2 aromatic rings. The molecule has 128 valence electrons. The molecule has 0 fully saturated rings. The molecule has 0 atom stereocenters. The van der Waals surface area contributed by atoms with Crippen molar-refractivity contribution in [2.75, 3.05) is 28.4 Å². The average Bonchev–Trinajstić information content (AvgIpc) is 2.60. The fourth-order valence-electron chi connectivity index (χ4n) is 2.17. The first-order valence-corrected chi connectivity index (χ1v) is 8.92. The number of hydrogen-bond donors (Lipinski definition) is 0. The molecule has 0 amide bonds. The van der Waals surface area contributed by atoms with Crippen molar-refractivity contribution in [3.05, 3.63) is 43.4 Å². The van der Waals surface area contributed by atoms with Crippen LogP contribution in [0.4, 0.5) is 0 Å². The molecule has 4 nitrogen and oxygen atoms in total. The van der Waals surface area contributed by atoms with Gasteiger partial charge in [-0.3, -0.25) is 0 Å². The highest BCUT2D eigenvalue weighted by atomic mass is 127. The minimum absolute atomic E-state index is 0.683. The van der Waals surface area contributed by atoms with E-state index in [1.165, 1.54) is 0 Å². The van der Waals surface area contributed by atoms with Gasteiger partial charge < -0.3 is 18.9 Å². The van der Waals surface area contributed by atoms with Crippen molar-refractivity contribution in [3.63, 3.8) is 0 Å². The Morgan fingerprint density at radius 3 is 1.67 bits per heavy atom. The lowest BCUT2D eigenvalue weighted by Gasteiger charge is -2.11. The zero-order valence-electron chi connectivity index (χ0n) is 13.9. The summed E-state index contributed by atoms with van der Waals surface area (Å²) in [5.74, 6) is 2.78. The third-order valence-electron chi connectivity index (χ3n) is 3.45. The van der Waals surface area contributed by atoms with Crippen LogP contribution in [0.1, 0.15) is 11.1 Å². The third-order valence-corrected chi connectivity index (χ3v) is 5.07. The highest BCUT2D eigenvalue weighted by Crippen LogP contribution is 2.35. The summed E-state index contributed by atoms with van der Waals surface area (Å²) in [4.78, 5) is 0. The molecule has 0 spiro atoms. The number of methoxy groups -OCH3 is 4. The molecule has 0 saturated carbocycles. The van der Waals surface area contributed by atoms with Gasteiger partial charge in [0, 0.05) is 8.04 Å². The van der Waals surface area contributed by atoms with Gasteiger partial charge in [-0.2, -0.15) is 0 Å². The normalized spacial score (nSPS) is 10.8. The Morgan fingerprint density at radius 1 is 0.708 bits per heavy atom. The van der Waals surface area contributed by atoms with Gasteiger partial charge in [0.15, 0.2) is 23.0 Å². The van der Waals surface area contributed by atoms with E-state index >= 15 is 0 Å². The first kappa shape index (κ1) is 18.9. The van der Waals surface area contributed by atoms with Crippen molar-refractivity contribution >= 4 is 50.7 Å². The smallest absolute Gasteiger partial charge is 0.161 e. The molecule has 0 aliphatic carbocycles. The predicted molar refractivity (Wildman–Crippen MR) is 108 cm³/mol. The molecule has 0 bridgehead atoms. The van der Waals surface area contributed by atoms with E-state index in [9.17, 15) is 0 Å². The van der Waals surface area contributed by atoms with Crippen LogP contribution in [0.5, 0.6) is 23.0 Å². The van der Waals surface area contributed by atoms with Gasteiger partial charge in [0.25, 0.3) is 0 Å². The van der Waals surface area contributed by atoms with Gasteiger partial charge in [-0.25, -0.2) is 0 Å². The quantitative estimate of drug-likeness (QED) is 0.397. The second-order valence-electron chi connectivity index (χ2n) is 4.79. The van der Waals surface area contributed by atoms with Gasteiger partial charge in [0.1, 0.15) is 0 Å². The van der Waals surface area contributed by atoms with E-state index in [4.69, 9.17) is 18.9 Å². The number of halogens is 2. The summed E-state index contributed by atoms with van der Waals surface area (Å²) in [7, 11) is 6.50. The van der Waals surface area contributed by atoms with Crippen LogP contribution < -0.4 is 18.9 Å². The Balaban J connectivity index is 2.41. The summed E-state index contributed by atoms with van der Waals surface area (Å²) in [6, 6.07) is 7.71. The van der Waals surface area contributed by atoms with E-state index < -0.39 is 0 Å². The lowest BCUT2D eigenvalue weighted by Crippen LogP contribution is -1.93. The molecule has 24 heavy (non-hydrogen) atoms. The minimum atomic E-state index is 0.683. The van der Waals surface area contributed by atoms with Crippen LogP contribution in [-0.2, 0) is 0 Å². The minimum Gasteiger partial charge on any atom is -0.493 e. The molecule has 2 aromatic carbocycles. The van der Waals surface area contributed by atoms with E-state index in [1.807, 2.05) is 36.4 Å². The maximum Gasteiger partial charge on any atom is 0.161 e. The summed E-state index contributed by atoms with van der Waals surface area (Å²) >= 11 is 5.84. The van der Waals surface area contributed by atoms with E-state index in [2.05, 4.69) is 38.5 Å². The van der Waals surface area contributed by atoms with Crippen LogP contribution in [0.25, 0.3) is 12.2 Å². The number of hydrogen-bond acceptors (Lipinski definition) is 4. The first-order chi connectivity index (χ1) is 11.5. The highest BCUT2D eigenvalue weighted by molar-refractivity contribution is 14.1.